The number of carbonyl (C=O) groups is 3. The van der Waals surface area contributed by atoms with Crippen LogP contribution in [-0.2, 0) is 22.6 Å². The largest absolute Gasteiger partial charge is 0.481 e. The van der Waals surface area contributed by atoms with Gasteiger partial charge in [0.15, 0.2) is 11.4 Å². The molecule has 0 saturated carbocycles. The predicted molar refractivity (Wildman–Crippen MR) is 129 cm³/mol. The van der Waals surface area contributed by atoms with Crippen LogP contribution in [0, 0.1) is 11.8 Å². The molecule has 2 bridgehead atoms. The molecular weight excluding hydrogens is 468 g/mol. The first-order chi connectivity index (χ1) is 16.9. The normalized spacial score (nSPS) is 21.9. The van der Waals surface area contributed by atoms with Gasteiger partial charge in [-0.2, -0.15) is 0 Å². The first-order valence-corrected chi connectivity index (χ1v) is 12.1. The minimum Gasteiger partial charge on any atom is -0.481 e. The van der Waals surface area contributed by atoms with Crippen molar-refractivity contribution in [3.05, 3.63) is 87.0 Å². The number of fused-ring (bicyclic) bond motifs is 1. The minimum atomic E-state index is -1.11. The lowest BCUT2D eigenvalue weighted by molar-refractivity contribution is -0.156. The number of nitrogens with zero attached hydrogens (tertiary/aromatic N) is 2. The van der Waals surface area contributed by atoms with Crippen LogP contribution in [0.25, 0.3) is 0 Å². The number of carbonyl (C=O) groups excluding carboxylic acids is 1. The molecule has 0 saturated heterocycles. The molecule has 180 valence electrons. The van der Waals surface area contributed by atoms with Gasteiger partial charge in [-0.25, -0.2) is 4.98 Å². The van der Waals surface area contributed by atoms with E-state index in [4.69, 9.17) is 11.6 Å². The third-order valence-electron chi connectivity index (χ3n) is 7.41. The van der Waals surface area contributed by atoms with Crippen LogP contribution in [0.5, 0.6) is 0 Å². The number of hydrogen-bond donors (Lipinski definition) is 2. The van der Waals surface area contributed by atoms with Crippen molar-refractivity contribution in [2.45, 2.75) is 44.6 Å². The number of unbranched alkanes of at least 4 members (excludes halogenated alkanes) is 1. The second kappa shape index (κ2) is 8.96. The van der Waals surface area contributed by atoms with E-state index in [1.54, 1.807) is 0 Å². The molecule has 6 rings (SSSR count). The van der Waals surface area contributed by atoms with E-state index in [1.807, 2.05) is 47.0 Å². The molecule has 35 heavy (non-hydrogen) atoms. The summed E-state index contributed by atoms with van der Waals surface area (Å²) in [5.74, 6) is -4.68. The molecule has 8 heteroatoms. The molecule has 3 aromatic rings. The van der Waals surface area contributed by atoms with E-state index in [0.717, 1.165) is 46.5 Å². The molecular formula is C27H25ClN2O5. The van der Waals surface area contributed by atoms with E-state index in [2.05, 4.69) is 11.9 Å². The van der Waals surface area contributed by atoms with Crippen molar-refractivity contribution in [1.82, 2.24) is 9.55 Å². The Balaban J connectivity index is 1.62. The lowest BCUT2D eigenvalue weighted by Crippen LogP contribution is -2.47. The molecule has 0 unspecified atom stereocenters. The van der Waals surface area contributed by atoms with Gasteiger partial charge in [-0.3, -0.25) is 14.4 Å². The van der Waals surface area contributed by atoms with Crippen LogP contribution in [0.15, 0.2) is 42.5 Å². The fraction of sp³-hybridized carbons (Fsp3) is 0.333. The Morgan fingerprint density at radius 1 is 1.00 bits per heavy atom. The fourth-order valence-electron chi connectivity index (χ4n) is 5.95. The average Bonchev–Trinajstić information content (AvgIpc) is 3.15. The van der Waals surface area contributed by atoms with E-state index in [9.17, 15) is 24.6 Å². The molecule has 0 aliphatic heterocycles. The zero-order valence-electron chi connectivity index (χ0n) is 19.1. The Bertz CT molecular complexity index is 1350. The Labute approximate surface area is 207 Å². The summed E-state index contributed by atoms with van der Waals surface area (Å²) in [6.45, 7) is 2.44. The summed E-state index contributed by atoms with van der Waals surface area (Å²) in [7, 11) is 0. The van der Waals surface area contributed by atoms with Gasteiger partial charge in [-0.15, -0.1) is 0 Å². The van der Waals surface area contributed by atoms with Crippen LogP contribution in [0.4, 0.5) is 0 Å². The zero-order chi connectivity index (χ0) is 24.9. The monoisotopic (exact) mass is 492 g/mol. The fourth-order valence-corrected chi connectivity index (χ4v) is 6.19. The number of hydrogen-bond acceptors (Lipinski definition) is 4. The van der Waals surface area contributed by atoms with E-state index in [-0.39, 0.29) is 5.15 Å². The number of aromatic nitrogens is 2. The quantitative estimate of drug-likeness (QED) is 0.440. The lowest BCUT2D eigenvalue weighted by Gasteiger charge is -2.47. The molecule has 1 heterocycles. The van der Waals surface area contributed by atoms with Crippen LogP contribution in [0.1, 0.15) is 75.7 Å². The number of carboxylic acid groups (broad SMARTS) is 2. The molecule has 2 N–H and O–H groups in total. The Morgan fingerprint density at radius 2 is 1.60 bits per heavy atom. The van der Waals surface area contributed by atoms with Gasteiger partial charge in [0.2, 0.25) is 0 Å². The Hall–Kier alpha value is -3.45. The first-order valence-electron chi connectivity index (χ1n) is 11.7. The zero-order valence-corrected chi connectivity index (χ0v) is 19.9. The van der Waals surface area contributed by atoms with Crippen LogP contribution in [0.3, 0.4) is 0 Å². The predicted octanol–water partition coefficient (Wildman–Crippen LogP) is 4.73. The standard InChI is InChI=1S/C27H25ClN2O5/c1-2-3-8-20-29-25(28)19(13-31)30(20)12-14-9-10-17-18(11-14)22-16-7-5-4-6-15(16)21(17)23(26(32)33)24(22)27(34)35/h4-7,9-11,13,21-24H,2-3,8,12H2,1H3,(H,32,33)(H,34,35)/t21-,22+,23-,24+/m1/s1. The lowest BCUT2D eigenvalue weighted by atomic mass is 9.54. The minimum absolute atomic E-state index is 0.173. The van der Waals surface area contributed by atoms with E-state index in [0.29, 0.717) is 24.9 Å². The Morgan fingerprint density at radius 3 is 2.17 bits per heavy atom. The van der Waals surface area contributed by atoms with Gasteiger partial charge in [0.25, 0.3) is 0 Å². The van der Waals surface area contributed by atoms with Crippen molar-refractivity contribution in [2.24, 2.45) is 11.8 Å². The number of carboxylic acids is 2. The highest BCUT2D eigenvalue weighted by Crippen LogP contribution is 2.58. The molecule has 7 nitrogen and oxygen atoms in total. The number of halogens is 1. The molecule has 3 aliphatic carbocycles. The highest BCUT2D eigenvalue weighted by atomic mass is 35.5. The van der Waals surface area contributed by atoms with Crippen LogP contribution >= 0.6 is 11.6 Å². The first kappa shape index (κ1) is 23.3. The molecule has 4 atom stereocenters. The number of benzene rings is 2. The van der Waals surface area contributed by atoms with Crippen molar-refractivity contribution in [1.29, 1.82) is 0 Å². The third-order valence-corrected chi connectivity index (χ3v) is 7.69. The third kappa shape index (κ3) is 3.65. The molecule has 0 spiro atoms. The van der Waals surface area contributed by atoms with Crippen molar-refractivity contribution < 1.29 is 24.6 Å². The van der Waals surface area contributed by atoms with Crippen molar-refractivity contribution in [3.63, 3.8) is 0 Å². The molecule has 0 radical (unpaired) electrons. The SMILES string of the molecule is CCCCc1nc(Cl)c(C=O)n1Cc1ccc2c(c1)[C@@H]1c3ccccc3[C@H]2[C@@H](C(=O)O)[C@H]1C(=O)O. The summed E-state index contributed by atoms with van der Waals surface area (Å²) in [6, 6.07) is 13.3. The van der Waals surface area contributed by atoms with Gasteiger partial charge in [-0.1, -0.05) is 67.4 Å². The van der Waals surface area contributed by atoms with Crippen LogP contribution < -0.4 is 0 Å². The molecule has 0 fully saturated rings. The number of aliphatic carboxylic acids is 2. The summed E-state index contributed by atoms with van der Waals surface area (Å²) >= 11 is 6.23. The topological polar surface area (TPSA) is 109 Å². The van der Waals surface area contributed by atoms with Gasteiger partial charge in [0.1, 0.15) is 11.5 Å². The molecule has 1 aromatic heterocycles. The highest BCUT2D eigenvalue weighted by Gasteiger charge is 2.55. The molecule has 3 aliphatic rings. The number of aryl methyl sites for hydroxylation is 1. The highest BCUT2D eigenvalue weighted by molar-refractivity contribution is 6.31. The second-order valence-corrected chi connectivity index (χ2v) is 9.65. The maximum atomic E-state index is 12.4. The van der Waals surface area contributed by atoms with E-state index < -0.39 is 35.6 Å². The molecule has 0 amide bonds. The van der Waals surface area contributed by atoms with E-state index >= 15 is 0 Å². The number of imidazole rings is 1. The van der Waals surface area contributed by atoms with Crippen LogP contribution in [0.2, 0.25) is 5.15 Å². The molecule has 2 aromatic carbocycles. The van der Waals surface area contributed by atoms with Gasteiger partial charge < -0.3 is 14.8 Å². The Kier molecular flexibility index (Phi) is 5.97. The van der Waals surface area contributed by atoms with Gasteiger partial charge in [-0.05, 0) is 34.2 Å². The summed E-state index contributed by atoms with van der Waals surface area (Å²) < 4.78 is 1.82. The van der Waals surface area contributed by atoms with Crippen molar-refractivity contribution in [2.75, 3.05) is 0 Å². The van der Waals surface area contributed by atoms with Crippen molar-refractivity contribution >= 4 is 29.8 Å². The maximum absolute atomic E-state index is 12.4. The second-order valence-electron chi connectivity index (χ2n) is 9.29. The maximum Gasteiger partial charge on any atom is 0.308 e. The number of aldehydes is 1. The van der Waals surface area contributed by atoms with Gasteiger partial charge in [0, 0.05) is 24.8 Å². The smallest absolute Gasteiger partial charge is 0.308 e. The van der Waals surface area contributed by atoms with Crippen molar-refractivity contribution in [3.8, 4) is 0 Å². The number of rotatable bonds is 8. The van der Waals surface area contributed by atoms with Gasteiger partial charge >= 0.3 is 11.9 Å². The van der Waals surface area contributed by atoms with E-state index in [1.165, 1.54) is 0 Å². The van der Waals surface area contributed by atoms with Gasteiger partial charge in [0.05, 0.1) is 11.8 Å². The average molecular weight is 493 g/mol. The summed E-state index contributed by atoms with van der Waals surface area (Å²) in [5, 5.41) is 20.3. The summed E-state index contributed by atoms with van der Waals surface area (Å²) in [6.07, 6.45) is 3.28. The summed E-state index contributed by atoms with van der Waals surface area (Å²) in [5.41, 5.74) is 4.64. The summed E-state index contributed by atoms with van der Waals surface area (Å²) in [4.78, 5) is 40.8. The van der Waals surface area contributed by atoms with Crippen LogP contribution in [-0.4, -0.2) is 38.0 Å².